The van der Waals surface area contributed by atoms with Crippen LogP contribution in [-0.2, 0) is 14.4 Å². The first-order valence-electron chi connectivity index (χ1n) is 8.31. The molecule has 1 unspecified atom stereocenters. The van der Waals surface area contributed by atoms with E-state index < -0.39 is 11.9 Å². The Morgan fingerprint density at radius 3 is 2.32 bits per heavy atom. The molecule has 0 spiro atoms. The van der Waals surface area contributed by atoms with Gasteiger partial charge in [0, 0.05) is 26.7 Å². The Balaban J connectivity index is 1.93. The minimum absolute atomic E-state index is 0.0467. The highest BCUT2D eigenvalue weighted by molar-refractivity contribution is 9.10. The number of halogens is 1. The van der Waals surface area contributed by atoms with Crippen molar-refractivity contribution in [3.63, 3.8) is 0 Å². The molecule has 0 heterocycles. The Morgan fingerprint density at radius 1 is 1.07 bits per heavy atom. The lowest BCUT2D eigenvalue weighted by Crippen LogP contribution is -2.22. The van der Waals surface area contributed by atoms with Crippen molar-refractivity contribution in [3.05, 3.63) is 64.7 Å². The molecule has 146 valence electrons. The first kappa shape index (κ1) is 21.7. The molecular formula is C20H19BrN2O4S. The molecule has 6 nitrogen and oxygen atoms in total. The van der Waals surface area contributed by atoms with E-state index in [0.717, 1.165) is 15.4 Å². The molecule has 0 aliphatic heterocycles. The van der Waals surface area contributed by atoms with E-state index in [1.54, 1.807) is 24.3 Å². The summed E-state index contributed by atoms with van der Waals surface area (Å²) in [5.41, 5.74) is 1.20. The molecule has 0 saturated carbocycles. The van der Waals surface area contributed by atoms with Crippen molar-refractivity contribution in [1.82, 2.24) is 0 Å². The van der Waals surface area contributed by atoms with Crippen molar-refractivity contribution < 1.29 is 19.5 Å². The Labute approximate surface area is 175 Å². The van der Waals surface area contributed by atoms with Gasteiger partial charge in [0.05, 0.1) is 10.9 Å². The fourth-order valence-corrected chi connectivity index (χ4v) is 3.36. The van der Waals surface area contributed by atoms with Gasteiger partial charge in [-0.3, -0.25) is 9.59 Å². The zero-order chi connectivity index (χ0) is 20.7. The van der Waals surface area contributed by atoms with E-state index in [0.29, 0.717) is 11.4 Å². The zero-order valence-electron chi connectivity index (χ0n) is 15.2. The van der Waals surface area contributed by atoms with Crippen molar-refractivity contribution in [3.8, 4) is 0 Å². The molecule has 0 radical (unpaired) electrons. The predicted molar refractivity (Wildman–Crippen MR) is 115 cm³/mol. The van der Waals surface area contributed by atoms with Gasteiger partial charge >= 0.3 is 5.97 Å². The highest BCUT2D eigenvalue weighted by Gasteiger charge is 2.15. The number of carbonyl (C=O) groups is 3. The molecule has 2 aromatic carbocycles. The van der Waals surface area contributed by atoms with Crippen LogP contribution in [0.4, 0.5) is 11.4 Å². The van der Waals surface area contributed by atoms with Gasteiger partial charge in [0.1, 0.15) is 0 Å². The maximum Gasteiger partial charge on any atom is 0.331 e. The number of rotatable bonds is 7. The fourth-order valence-electron chi connectivity index (χ4n) is 2.11. The lowest BCUT2D eigenvalue weighted by atomic mass is 10.2. The van der Waals surface area contributed by atoms with Crippen LogP contribution in [0.1, 0.15) is 13.8 Å². The molecule has 0 saturated heterocycles. The highest BCUT2D eigenvalue weighted by atomic mass is 79.9. The summed E-state index contributed by atoms with van der Waals surface area (Å²) in [6, 6.07) is 14.4. The van der Waals surface area contributed by atoms with Crippen LogP contribution in [0.2, 0.25) is 0 Å². The van der Waals surface area contributed by atoms with E-state index in [1.165, 1.54) is 18.7 Å². The number of carboxylic acids is 1. The number of thioether (sulfide) groups is 1. The van der Waals surface area contributed by atoms with Gasteiger partial charge in [-0.15, -0.1) is 11.8 Å². The molecule has 0 aliphatic rings. The minimum Gasteiger partial charge on any atom is -0.478 e. The average molecular weight is 463 g/mol. The zero-order valence-corrected chi connectivity index (χ0v) is 17.6. The van der Waals surface area contributed by atoms with Crippen molar-refractivity contribution >= 4 is 56.9 Å². The number of hydrogen-bond donors (Lipinski definition) is 3. The van der Waals surface area contributed by atoms with Gasteiger partial charge in [-0.1, -0.05) is 12.1 Å². The van der Waals surface area contributed by atoms with Crippen LogP contribution < -0.4 is 10.6 Å². The van der Waals surface area contributed by atoms with Crippen molar-refractivity contribution in [2.45, 2.75) is 24.0 Å². The number of aliphatic carboxylic acids is 1. The number of anilines is 2. The van der Waals surface area contributed by atoms with Crippen LogP contribution in [-0.4, -0.2) is 28.1 Å². The molecule has 0 aliphatic carbocycles. The Kier molecular flexibility index (Phi) is 7.83. The van der Waals surface area contributed by atoms with E-state index in [-0.39, 0.29) is 16.7 Å². The second-order valence-corrected chi connectivity index (χ2v) is 8.14. The van der Waals surface area contributed by atoms with E-state index in [4.69, 9.17) is 5.11 Å². The van der Waals surface area contributed by atoms with Crippen LogP contribution in [0, 0.1) is 0 Å². The molecule has 2 rings (SSSR count). The summed E-state index contributed by atoms with van der Waals surface area (Å²) in [5, 5.41) is 13.9. The summed E-state index contributed by atoms with van der Waals surface area (Å²) in [7, 11) is 0. The molecule has 2 amide bonds. The predicted octanol–water partition coefficient (Wildman–Crippen LogP) is 4.54. The maximum absolute atomic E-state index is 12.4. The molecule has 28 heavy (non-hydrogen) atoms. The minimum atomic E-state index is -1.14. The average Bonchev–Trinajstić information content (AvgIpc) is 2.64. The largest absolute Gasteiger partial charge is 0.478 e. The SMILES string of the molecule is C/C(=C/C(=O)Nc1ccc(SC(C)C(=O)Nc2ccccc2Br)cc1)C(=O)O. The molecule has 0 aromatic heterocycles. The number of benzene rings is 2. The van der Waals surface area contributed by atoms with Gasteiger partial charge in [0.2, 0.25) is 11.8 Å². The number of para-hydroxylation sites is 1. The van der Waals surface area contributed by atoms with Gasteiger partial charge in [-0.2, -0.15) is 0 Å². The van der Waals surface area contributed by atoms with Crippen LogP contribution in [0.5, 0.6) is 0 Å². The van der Waals surface area contributed by atoms with Gasteiger partial charge in [0.25, 0.3) is 0 Å². The smallest absolute Gasteiger partial charge is 0.331 e. The summed E-state index contributed by atoms with van der Waals surface area (Å²) in [6.07, 6.45) is 1.03. The Hall–Kier alpha value is -2.58. The summed E-state index contributed by atoms with van der Waals surface area (Å²) < 4.78 is 0.813. The number of amides is 2. The van der Waals surface area contributed by atoms with Crippen LogP contribution in [0.15, 0.2) is 69.5 Å². The number of hydrogen-bond acceptors (Lipinski definition) is 4. The molecule has 8 heteroatoms. The van der Waals surface area contributed by atoms with E-state index in [2.05, 4.69) is 26.6 Å². The third-order valence-electron chi connectivity index (χ3n) is 3.62. The molecular weight excluding hydrogens is 444 g/mol. The van der Waals surface area contributed by atoms with Gasteiger partial charge in [-0.25, -0.2) is 4.79 Å². The molecule has 1 atom stereocenters. The molecule has 0 fully saturated rings. The molecule has 3 N–H and O–H groups in total. The van der Waals surface area contributed by atoms with Crippen molar-refractivity contribution in [1.29, 1.82) is 0 Å². The fraction of sp³-hybridized carbons (Fsp3) is 0.150. The number of nitrogens with one attached hydrogen (secondary N) is 2. The maximum atomic E-state index is 12.4. The van der Waals surface area contributed by atoms with Crippen LogP contribution in [0.25, 0.3) is 0 Å². The monoisotopic (exact) mass is 462 g/mol. The normalized spacial score (nSPS) is 12.2. The van der Waals surface area contributed by atoms with E-state index in [9.17, 15) is 14.4 Å². The lowest BCUT2D eigenvalue weighted by molar-refractivity contribution is -0.132. The van der Waals surface area contributed by atoms with Gasteiger partial charge in [0.15, 0.2) is 0 Å². The topological polar surface area (TPSA) is 95.5 Å². The third-order valence-corrected chi connectivity index (χ3v) is 5.42. The first-order chi connectivity index (χ1) is 13.3. The Morgan fingerprint density at radius 2 is 1.71 bits per heavy atom. The second kappa shape index (κ2) is 10.1. The third kappa shape index (κ3) is 6.54. The summed E-state index contributed by atoms with van der Waals surface area (Å²) >= 11 is 4.79. The van der Waals surface area contributed by atoms with E-state index >= 15 is 0 Å². The quantitative estimate of drug-likeness (QED) is 0.414. The van der Waals surface area contributed by atoms with Crippen molar-refractivity contribution in [2.75, 3.05) is 10.6 Å². The molecule has 2 aromatic rings. The Bertz CT molecular complexity index is 913. The number of carbonyl (C=O) groups excluding carboxylic acids is 2. The summed E-state index contributed by atoms with van der Waals surface area (Å²) in [6.45, 7) is 3.16. The summed E-state index contributed by atoms with van der Waals surface area (Å²) in [5.74, 6) is -1.78. The lowest BCUT2D eigenvalue weighted by Gasteiger charge is -2.13. The highest BCUT2D eigenvalue weighted by Crippen LogP contribution is 2.27. The van der Waals surface area contributed by atoms with Gasteiger partial charge in [-0.05, 0) is 66.2 Å². The van der Waals surface area contributed by atoms with Gasteiger partial charge < -0.3 is 15.7 Å². The van der Waals surface area contributed by atoms with Crippen molar-refractivity contribution in [2.24, 2.45) is 0 Å². The second-order valence-electron chi connectivity index (χ2n) is 5.88. The number of carboxylic acid groups (broad SMARTS) is 1. The van der Waals surface area contributed by atoms with Crippen LogP contribution >= 0.6 is 27.7 Å². The molecule has 0 bridgehead atoms. The summed E-state index contributed by atoms with van der Waals surface area (Å²) in [4.78, 5) is 35.7. The van der Waals surface area contributed by atoms with E-state index in [1.807, 2.05) is 31.2 Å². The van der Waals surface area contributed by atoms with Crippen LogP contribution in [0.3, 0.4) is 0 Å². The first-order valence-corrected chi connectivity index (χ1v) is 9.98. The standard InChI is InChI=1S/C20H19BrN2O4S/c1-12(20(26)27)11-18(24)22-14-7-9-15(10-8-14)28-13(2)19(25)23-17-6-4-3-5-16(17)21/h3-11,13H,1-2H3,(H,22,24)(H,23,25)(H,26,27)/b12-11-.